The predicted molar refractivity (Wildman–Crippen MR) is 80.7 cm³/mol. The molecule has 0 aromatic heterocycles. The summed E-state index contributed by atoms with van der Waals surface area (Å²) in [6, 6.07) is 0. The van der Waals surface area contributed by atoms with E-state index in [2.05, 4.69) is 24.5 Å². The van der Waals surface area contributed by atoms with Gasteiger partial charge in [0.1, 0.15) is 0 Å². The number of hydrogen-bond donors (Lipinski definition) is 2. The largest absolute Gasteiger partial charge is 0.381 e. The molecule has 0 aromatic carbocycles. The molecule has 2 N–H and O–H groups in total. The number of carbonyl (C=O) groups is 3. The Morgan fingerprint density at radius 1 is 0.818 bits per heavy atom. The number of nitrogens with one attached hydrogen (secondary N) is 2. The topological polar surface area (TPSA) is 75.3 Å². The van der Waals surface area contributed by atoms with Gasteiger partial charge in [-0.25, -0.2) is 0 Å². The van der Waals surface area contributed by atoms with Crippen molar-refractivity contribution >= 4 is 17.6 Å². The Labute approximate surface area is 185 Å². The van der Waals surface area contributed by atoms with E-state index in [0.29, 0.717) is 18.4 Å². The molecule has 0 aromatic rings. The van der Waals surface area contributed by atoms with Gasteiger partial charge >= 0.3 is 0 Å². The van der Waals surface area contributed by atoms with Crippen molar-refractivity contribution in [2.75, 3.05) is 13.1 Å². The Hall–Kier alpha value is 0.558. The van der Waals surface area contributed by atoms with Crippen molar-refractivity contribution in [2.45, 2.75) is 40.5 Å². The molecule has 0 heterocycles. The smallest absolute Gasteiger partial charge is 0.220 e. The van der Waals surface area contributed by atoms with Crippen molar-refractivity contribution in [3.05, 3.63) is 13.8 Å². The van der Waals surface area contributed by atoms with Crippen LogP contribution in [0.4, 0.5) is 0 Å². The molecule has 2 amide bonds. The van der Waals surface area contributed by atoms with E-state index in [-0.39, 0.29) is 95.9 Å². The van der Waals surface area contributed by atoms with E-state index in [9.17, 15) is 14.4 Å². The van der Waals surface area contributed by atoms with Crippen LogP contribution in [0.15, 0.2) is 0 Å². The fraction of sp³-hybridized carbons (Fsp3) is 0.667. The molecule has 124 valence electrons. The molecule has 0 rings (SSSR count). The third-order valence-corrected chi connectivity index (χ3v) is 2.05. The number of ketones is 1. The standard InChI is InChI=1S/C9H16NO2.C6H12NO.2Y/c1-7(2)6-10-9(12)5-4-8(3)11;1-5(2)4-7-6(3)8;;/h7H,3-6H2,1-2H3,(H,10,12);5H,3-4H2,1-2H3,(H,7,8);;/q2*-1;;. The summed E-state index contributed by atoms with van der Waals surface area (Å²) in [5, 5.41) is 5.31. The zero-order valence-corrected chi connectivity index (χ0v) is 20.0. The van der Waals surface area contributed by atoms with Crippen LogP contribution >= 0.6 is 0 Å². The third kappa shape index (κ3) is 32.5. The summed E-state index contributed by atoms with van der Waals surface area (Å²) in [4.78, 5) is 31.5. The third-order valence-electron chi connectivity index (χ3n) is 2.05. The summed E-state index contributed by atoms with van der Waals surface area (Å²) in [5.74, 6) is 0.513. The van der Waals surface area contributed by atoms with Gasteiger partial charge in [-0.3, -0.25) is 4.79 Å². The van der Waals surface area contributed by atoms with Crippen LogP contribution in [0.5, 0.6) is 0 Å². The van der Waals surface area contributed by atoms with Crippen molar-refractivity contribution in [1.82, 2.24) is 10.6 Å². The maximum atomic E-state index is 11.0. The minimum atomic E-state index is -0.196. The molecule has 0 saturated carbocycles. The normalized spacial score (nSPS) is 8.82. The summed E-state index contributed by atoms with van der Waals surface area (Å²) in [6.07, 6.45) is 0.499. The number of amides is 2. The van der Waals surface area contributed by atoms with E-state index in [0.717, 1.165) is 6.54 Å². The summed E-state index contributed by atoms with van der Waals surface area (Å²) in [7, 11) is 0. The van der Waals surface area contributed by atoms with Gasteiger partial charge in [-0.05, 0) is 24.0 Å². The van der Waals surface area contributed by atoms with E-state index in [1.54, 1.807) is 0 Å². The number of rotatable bonds is 7. The molecule has 2 radical (unpaired) electrons. The predicted octanol–water partition coefficient (Wildman–Crippen LogP) is 1.53. The fourth-order valence-electron chi connectivity index (χ4n) is 0.977. The van der Waals surface area contributed by atoms with Gasteiger partial charge in [0, 0.05) is 84.9 Å². The average Bonchev–Trinajstić information content (AvgIpc) is 2.32. The van der Waals surface area contributed by atoms with Crippen LogP contribution in [-0.2, 0) is 79.8 Å². The first kappa shape index (κ1) is 30.4. The van der Waals surface area contributed by atoms with Crippen LogP contribution in [0.25, 0.3) is 0 Å². The molecule has 0 fully saturated rings. The second-order valence-corrected chi connectivity index (χ2v) is 5.43. The van der Waals surface area contributed by atoms with Gasteiger partial charge in [0.05, 0.1) is 5.91 Å². The Morgan fingerprint density at radius 3 is 1.50 bits per heavy atom. The van der Waals surface area contributed by atoms with Crippen LogP contribution in [-0.4, -0.2) is 30.7 Å². The SMILES string of the molecule is [CH2-]C(=O)CCC(=O)NCC(C)C.[CH2-]C(=O)NCC(C)C.[Y].[Y]. The number of Topliss-reactive ketones (excluding diaryl/α,β-unsaturated/α-hetero) is 1. The molecule has 0 aliphatic heterocycles. The Morgan fingerprint density at radius 2 is 1.23 bits per heavy atom. The van der Waals surface area contributed by atoms with Gasteiger partial charge in [0.25, 0.3) is 0 Å². The summed E-state index contributed by atoms with van der Waals surface area (Å²) in [5.41, 5.74) is 0. The molecule has 5 nitrogen and oxygen atoms in total. The molecule has 0 atom stereocenters. The maximum Gasteiger partial charge on any atom is 0.220 e. The monoisotopic (exact) mass is 462 g/mol. The van der Waals surface area contributed by atoms with E-state index >= 15 is 0 Å². The Balaban J connectivity index is -0.000000144. The van der Waals surface area contributed by atoms with Crippen LogP contribution < -0.4 is 10.6 Å². The fourth-order valence-corrected chi connectivity index (χ4v) is 0.977. The molecule has 0 spiro atoms. The first-order valence-corrected chi connectivity index (χ1v) is 6.86. The maximum absolute atomic E-state index is 11.0. The van der Waals surface area contributed by atoms with Gasteiger partial charge in [-0.1, -0.05) is 27.7 Å². The first-order chi connectivity index (χ1) is 9.15. The van der Waals surface area contributed by atoms with E-state index in [1.807, 2.05) is 27.7 Å². The van der Waals surface area contributed by atoms with Crippen LogP contribution in [0.2, 0.25) is 0 Å². The van der Waals surface area contributed by atoms with Crippen LogP contribution in [0.1, 0.15) is 40.5 Å². The zero-order chi connectivity index (χ0) is 16.1. The van der Waals surface area contributed by atoms with Crippen LogP contribution in [0, 0.1) is 25.7 Å². The molecule has 0 bridgehead atoms. The molecule has 0 unspecified atom stereocenters. The molecule has 22 heavy (non-hydrogen) atoms. The van der Waals surface area contributed by atoms with E-state index in [4.69, 9.17) is 0 Å². The number of carbonyl (C=O) groups excluding carboxylic acids is 3. The molecule has 0 aliphatic carbocycles. The minimum absolute atomic E-state index is 0. The van der Waals surface area contributed by atoms with Crippen LogP contribution in [0.3, 0.4) is 0 Å². The van der Waals surface area contributed by atoms with Crippen molar-refractivity contribution in [3.63, 3.8) is 0 Å². The Kier molecular flexibility index (Phi) is 27.1. The molecular weight excluding hydrogens is 434 g/mol. The van der Waals surface area contributed by atoms with Gasteiger partial charge < -0.3 is 34.1 Å². The van der Waals surface area contributed by atoms with Crippen molar-refractivity contribution in [1.29, 1.82) is 0 Å². The minimum Gasteiger partial charge on any atom is -0.381 e. The first-order valence-electron chi connectivity index (χ1n) is 6.86. The molecule has 7 heteroatoms. The molecular formula is C15H28N2O3Y2-2. The van der Waals surface area contributed by atoms with E-state index in [1.165, 1.54) is 0 Å². The zero-order valence-electron chi connectivity index (χ0n) is 14.3. The van der Waals surface area contributed by atoms with Crippen molar-refractivity contribution in [2.24, 2.45) is 11.8 Å². The number of hydrogen-bond acceptors (Lipinski definition) is 3. The second-order valence-electron chi connectivity index (χ2n) is 5.43. The average molecular weight is 462 g/mol. The summed E-state index contributed by atoms with van der Waals surface area (Å²) < 4.78 is 0. The van der Waals surface area contributed by atoms with Gasteiger partial charge in [-0.2, -0.15) is 0 Å². The van der Waals surface area contributed by atoms with E-state index < -0.39 is 0 Å². The second kappa shape index (κ2) is 19.6. The summed E-state index contributed by atoms with van der Waals surface area (Å²) in [6.45, 7) is 15.9. The molecule has 0 saturated heterocycles. The van der Waals surface area contributed by atoms with Crippen molar-refractivity contribution < 1.29 is 79.8 Å². The van der Waals surface area contributed by atoms with Gasteiger partial charge in [0.2, 0.25) is 5.91 Å². The quantitative estimate of drug-likeness (QED) is 0.564. The van der Waals surface area contributed by atoms with Crippen molar-refractivity contribution in [3.8, 4) is 0 Å². The Bertz CT molecular complexity index is 309. The van der Waals surface area contributed by atoms with Gasteiger partial charge in [0.15, 0.2) is 0 Å². The van der Waals surface area contributed by atoms with Gasteiger partial charge in [-0.15, -0.1) is 0 Å². The summed E-state index contributed by atoms with van der Waals surface area (Å²) >= 11 is 0. The molecule has 0 aliphatic rings.